The Labute approximate surface area is 225 Å². The van der Waals surface area contributed by atoms with Crippen LogP contribution in [0.3, 0.4) is 0 Å². The van der Waals surface area contributed by atoms with Crippen molar-refractivity contribution in [3.05, 3.63) is 54.5 Å². The van der Waals surface area contributed by atoms with Gasteiger partial charge >= 0.3 is 5.97 Å². The molecule has 35 heavy (non-hydrogen) atoms. The second-order valence-corrected chi connectivity index (χ2v) is 11.5. The Balaban J connectivity index is 1.32. The van der Waals surface area contributed by atoms with Crippen LogP contribution in [0.1, 0.15) is 38.3 Å². The van der Waals surface area contributed by atoms with Crippen molar-refractivity contribution >= 4 is 67.5 Å². The van der Waals surface area contributed by atoms with Crippen molar-refractivity contribution in [3.63, 3.8) is 0 Å². The summed E-state index contributed by atoms with van der Waals surface area (Å²) in [5, 5.41) is 4.49. The number of ether oxygens (including phenoxy) is 1. The summed E-state index contributed by atoms with van der Waals surface area (Å²) in [7, 11) is 0. The lowest BCUT2D eigenvalue weighted by Gasteiger charge is -2.19. The number of amides is 1. The molecule has 2 N–H and O–H groups in total. The van der Waals surface area contributed by atoms with E-state index >= 15 is 0 Å². The molecule has 0 unspecified atom stereocenters. The fourth-order valence-electron chi connectivity index (χ4n) is 4.70. The Morgan fingerprint density at radius 2 is 1.97 bits per heavy atom. The van der Waals surface area contributed by atoms with E-state index in [1.807, 2.05) is 25.1 Å². The number of fused-ring (bicyclic) bond motifs is 1. The molecular formula is C24H23BrCl2N4O3S. The number of hydrogen-bond acceptors (Lipinski definition) is 6. The first-order valence-corrected chi connectivity index (χ1v) is 13.6. The molecule has 1 aromatic carbocycles. The fourth-order valence-corrected chi connectivity index (χ4v) is 6.59. The van der Waals surface area contributed by atoms with E-state index in [-0.39, 0.29) is 22.9 Å². The minimum atomic E-state index is -0.361. The Hall–Kier alpha value is -2.07. The number of aryl methyl sites for hydroxylation is 2. The lowest BCUT2D eigenvalue weighted by Crippen LogP contribution is -2.34. The van der Waals surface area contributed by atoms with Gasteiger partial charge in [-0.1, -0.05) is 56.5 Å². The molecule has 7 nitrogen and oxygen atoms in total. The summed E-state index contributed by atoms with van der Waals surface area (Å²) < 4.78 is 6.29. The maximum absolute atomic E-state index is 12.7. The van der Waals surface area contributed by atoms with Crippen molar-refractivity contribution in [1.82, 2.24) is 15.3 Å². The van der Waals surface area contributed by atoms with E-state index in [1.54, 1.807) is 13.8 Å². The molecule has 0 radical (unpaired) electrons. The summed E-state index contributed by atoms with van der Waals surface area (Å²) in [6.07, 6.45) is 0. The van der Waals surface area contributed by atoms with Crippen LogP contribution in [0.15, 0.2) is 22.7 Å². The van der Waals surface area contributed by atoms with Gasteiger partial charge in [-0.25, -0.2) is 9.78 Å². The molecule has 2 aromatic heterocycles. The highest BCUT2D eigenvalue weighted by Crippen LogP contribution is 2.48. The van der Waals surface area contributed by atoms with E-state index in [2.05, 4.69) is 31.1 Å². The van der Waals surface area contributed by atoms with Crippen molar-refractivity contribution in [2.75, 3.05) is 24.6 Å². The van der Waals surface area contributed by atoms with Crippen molar-refractivity contribution in [3.8, 4) is 11.3 Å². The Morgan fingerprint density at radius 3 is 2.57 bits per heavy atom. The van der Waals surface area contributed by atoms with Crippen LogP contribution in [0.5, 0.6) is 0 Å². The largest absolute Gasteiger partial charge is 0.462 e. The number of halogens is 3. The molecule has 2 aliphatic rings. The van der Waals surface area contributed by atoms with E-state index in [9.17, 15) is 9.59 Å². The average molecular weight is 598 g/mol. The van der Waals surface area contributed by atoms with Gasteiger partial charge in [0.25, 0.3) is 5.91 Å². The van der Waals surface area contributed by atoms with Crippen LogP contribution in [0.25, 0.3) is 11.3 Å². The summed E-state index contributed by atoms with van der Waals surface area (Å²) in [4.78, 5) is 35.9. The number of aromatic nitrogens is 2. The number of aromatic amines is 1. The van der Waals surface area contributed by atoms with Crippen LogP contribution in [0, 0.1) is 25.7 Å². The Bertz CT molecular complexity index is 1330. The number of carbonyl (C=O) groups excluding carboxylic acids is 2. The standard InChI is InChI=1S/C24H23BrCl2N4O3S/c1-4-34-23(33)21-19(13-6-5-12(25)7-10(13)2)30-24(35-21)31-8-14-15(9-31)18(14)29-22(32)20-17(27)16(26)11(3)28-20/h5-7,14-15,18,28H,4,8-9H2,1-3H3,(H,29,32)/t14-,15+,18-. The monoisotopic (exact) mass is 596 g/mol. The number of H-pyrrole nitrogens is 1. The van der Waals surface area contributed by atoms with Gasteiger partial charge in [-0.05, 0) is 38.5 Å². The van der Waals surface area contributed by atoms with E-state index in [4.69, 9.17) is 32.9 Å². The molecule has 2 fully saturated rings. The first-order valence-electron chi connectivity index (χ1n) is 11.2. The second kappa shape index (κ2) is 9.42. The number of hydrogen-bond donors (Lipinski definition) is 2. The van der Waals surface area contributed by atoms with Crippen LogP contribution in [0.4, 0.5) is 5.13 Å². The zero-order valence-corrected chi connectivity index (χ0v) is 23.2. The minimum Gasteiger partial charge on any atom is -0.462 e. The van der Waals surface area contributed by atoms with E-state index in [0.717, 1.165) is 33.8 Å². The molecule has 5 rings (SSSR count). The molecule has 1 saturated carbocycles. The zero-order chi connectivity index (χ0) is 25.0. The Morgan fingerprint density at radius 1 is 1.26 bits per heavy atom. The first-order chi connectivity index (χ1) is 16.7. The molecule has 1 amide bonds. The average Bonchev–Trinajstić information content (AvgIpc) is 3.19. The van der Waals surface area contributed by atoms with Gasteiger partial charge in [0, 0.05) is 46.7 Å². The molecule has 3 atom stereocenters. The van der Waals surface area contributed by atoms with Gasteiger partial charge < -0.3 is 19.9 Å². The number of rotatable bonds is 6. The fraction of sp³-hybridized carbons (Fsp3) is 0.375. The van der Waals surface area contributed by atoms with Crippen molar-refractivity contribution in [2.45, 2.75) is 26.8 Å². The van der Waals surface area contributed by atoms with Gasteiger partial charge in [0.2, 0.25) is 0 Å². The summed E-state index contributed by atoms with van der Waals surface area (Å²) in [5.74, 6) is 0.0248. The number of carbonyl (C=O) groups is 2. The molecule has 184 valence electrons. The molecule has 3 aromatic rings. The van der Waals surface area contributed by atoms with Gasteiger partial charge in [0.15, 0.2) is 5.13 Å². The van der Waals surface area contributed by atoms with Crippen LogP contribution in [-0.2, 0) is 4.74 Å². The predicted octanol–water partition coefficient (Wildman–Crippen LogP) is 5.87. The molecular weight excluding hydrogens is 575 g/mol. The lowest BCUT2D eigenvalue weighted by atomic mass is 10.1. The minimum absolute atomic E-state index is 0.0786. The molecule has 1 aliphatic heterocycles. The van der Waals surface area contributed by atoms with E-state index in [1.165, 1.54) is 11.3 Å². The summed E-state index contributed by atoms with van der Waals surface area (Å²) in [6.45, 7) is 7.37. The van der Waals surface area contributed by atoms with Gasteiger partial charge in [0.05, 0.1) is 22.3 Å². The predicted molar refractivity (Wildman–Crippen MR) is 142 cm³/mol. The van der Waals surface area contributed by atoms with Crippen molar-refractivity contribution < 1.29 is 14.3 Å². The van der Waals surface area contributed by atoms with Gasteiger partial charge in [-0.3, -0.25) is 4.79 Å². The van der Waals surface area contributed by atoms with Gasteiger partial charge in [-0.15, -0.1) is 0 Å². The number of nitrogens with zero attached hydrogens (tertiary/aromatic N) is 2. The molecule has 3 heterocycles. The highest BCUT2D eigenvalue weighted by Gasteiger charge is 2.57. The van der Waals surface area contributed by atoms with Gasteiger partial charge in [0.1, 0.15) is 10.6 Å². The number of nitrogens with one attached hydrogen (secondary N) is 2. The third kappa shape index (κ3) is 4.48. The van der Waals surface area contributed by atoms with Gasteiger partial charge in [-0.2, -0.15) is 0 Å². The van der Waals surface area contributed by atoms with Crippen LogP contribution >= 0.6 is 50.5 Å². The number of esters is 1. The topological polar surface area (TPSA) is 87.3 Å². The number of piperidine rings is 1. The number of anilines is 1. The van der Waals surface area contributed by atoms with E-state index < -0.39 is 0 Å². The highest BCUT2D eigenvalue weighted by molar-refractivity contribution is 9.10. The van der Waals surface area contributed by atoms with Crippen LogP contribution in [0.2, 0.25) is 10.0 Å². The highest BCUT2D eigenvalue weighted by atomic mass is 79.9. The summed E-state index contributed by atoms with van der Waals surface area (Å²) in [6, 6.07) is 6.00. The molecule has 1 aliphatic carbocycles. The van der Waals surface area contributed by atoms with Crippen LogP contribution < -0.4 is 10.2 Å². The van der Waals surface area contributed by atoms with Crippen molar-refractivity contribution in [2.24, 2.45) is 11.8 Å². The first kappa shape index (κ1) is 24.6. The zero-order valence-electron chi connectivity index (χ0n) is 19.2. The molecule has 0 spiro atoms. The third-order valence-corrected chi connectivity index (χ3v) is 9.10. The van der Waals surface area contributed by atoms with Crippen molar-refractivity contribution in [1.29, 1.82) is 0 Å². The summed E-state index contributed by atoms with van der Waals surface area (Å²) >= 11 is 17.1. The molecule has 0 bridgehead atoms. The quantitative estimate of drug-likeness (QED) is 0.347. The van der Waals surface area contributed by atoms with E-state index in [0.29, 0.717) is 45.4 Å². The Kier molecular flexibility index (Phi) is 6.63. The maximum atomic E-state index is 12.7. The number of benzene rings is 1. The second-order valence-electron chi connectivity index (χ2n) is 8.84. The number of thiazole rings is 1. The summed E-state index contributed by atoms with van der Waals surface area (Å²) in [5.41, 5.74) is 3.54. The maximum Gasteiger partial charge on any atom is 0.350 e. The molecule has 11 heteroatoms. The molecule has 1 saturated heterocycles. The third-order valence-electron chi connectivity index (χ3n) is 6.56. The van der Waals surface area contributed by atoms with Crippen LogP contribution in [-0.4, -0.2) is 47.6 Å². The SMILES string of the molecule is CCOC(=O)c1sc(N2C[C@@H]3[C@H](C2)[C@@H]3NC(=O)c2[nH]c(C)c(Cl)c2Cl)nc1-c1ccc(Br)cc1C. The smallest absolute Gasteiger partial charge is 0.350 e. The lowest BCUT2D eigenvalue weighted by molar-refractivity contribution is 0.0532. The normalized spacial score (nSPS) is 20.6.